The summed E-state index contributed by atoms with van der Waals surface area (Å²) in [5.41, 5.74) is 8.73. The summed E-state index contributed by atoms with van der Waals surface area (Å²) in [5.74, 6) is -0.267. The van der Waals surface area contributed by atoms with Crippen LogP contribution in [0.1, 0.15) is 64.9 Å². The smallest absolute Gasteiger partial charge is 0.256 e. The van der Waals surface area contributed by atoms with E-state index in [1.807, 2.05) is 45.2 Å². The van der Waals surface area contributed by atoms with Gasteiger partial charge in [-0.15, -0.1) is 0 Å². The molecule has 5 nitrogen and oxygen atoms in total. The van der Waals surface area contributed by atoms with Gasteiger partial charge in [-0.1, -0.05) is 51.8 Å². The highest BCUT2D eigenvalue weighted by Gasteiger charge is 2.35. The van der Waals surface area contributed by atoms with Crippen LogP contribution in [0, 0.1) is 5.92 Å². The fourth-order valence-electron chi connectivity index (χ4n) is 4.85. The van der Waals surface area contributed by atoms with Crippen LogP contribution in [0.3, 0.4) is 0 Å². The van der Waals surface area contributed by atoms with Crippen molar-refractivity contribution in [3.8, 4) is 0 Å². The highest BCUT2D eigenvalue weighted by Crippen LogP contribution is 2.35. The Labute approximate surface area is 197 Å². The van der Waals surface area contributed by atoms with Crippen LogP contribution in [0.2, 0.25) is 0 Å². The summed E-state index contributed by atoms with van der Waals surface area (Å²) in [5, 5.41) is 3.17. The number of carbonyl (C=O) groups is 1. The molecule has 1 aromatic carbocycles. The van der Waals surface area contributed by atoms with Gasteiger partial charge in [0, 0.05) is 18.3 Å². The first kappa shape index (κ1) is 25.0. The normalized spacial score (nSPS) is 19.2. The van der Waals surface area contributed by atoms with Crippen molar-refractivity contribution in [2.75, 3.05) is 18.6 Å². The molecule has 1 aromatic rings. The number of amides is 1. The van der Waals surface area contributed by atoms with Crippen LogP contribution in [0.5, 0.6) is 0 Å². The molecule has 1 unspecified atom stereocenters. The number of nitrogens with zero attached hydrogens (tertiary/aromatic N) is 1. The molecule has 1 fully saturated rings. The molecular formula is C27H38FN3O2. The number of hydrogen-bond acceptors (Lipinski definition) is 4. The Balaban J connectivity index is 1.77. The lowest BCUT2D eigenvalue weighted by molar-refractivity contribution is -0.137. The molecule has 6 heteroatoms. The van der Waals surface area contributed by atoms with E-state index in [4.69, 9.17) is 10.5 Å². The number of benzene rings is 1. The Morgan fingerprint density at radius 3 is 2.58 bits per heavy atom. The quantitative estimate of drug-likeness (QED) is 0.467. The lowest BCUT2D eigenvalue weighted by atomic mass is 9.90. The van der Waals surface area contributed by atoms with Crippen LogP contribution in [-0.2, 0) is 16.0 Å². The Morgan fingerprint density at radius 2 is 1.97 bits per heavy atom. The molecule has 1 heterocycles. The lowest BCUT2D eigenvalue weighted by Gasteiger charge is -2.34. The van der Waals surface area contributed by atoms with Gasteiger partial charge >= 0.3 is 0 Å². The second-order valence-electron chi connectivity index (χ2n) is 8.93. The predicted molar refractivity (Wildman–Crippen MR) is 132 cm³/mol. The summed E-state index contributed by atoms with van der Waals surface area (Å²) in [6.07, 6.45) is 9.71. The first-order valence-corrected chi connectivity index (χ1v) is 12.3. The summed E-state index contributed by atoms with van der Waals surface area (Å²) in [6.45, 7) is 6.54. The number of nitrogens with two attached hydrogens (primary N) is 1. The Hall–Kier alpha value is -2.60. The van der Waals surface area contributed by atoms with Gasteiger partial charge < -0.3 is 20.7 Å². The van der Waals surface area contributed by atoms with Gasteiger partial charge in [0.05, 0.1) is 5.57 Å². The average molecular weight is 456 g/mol. The van der Waals surface area contributed by atoms with E-state index in [-0.39, 0.29) is 36.2 Å². The molecule has 0 saturated heterocycles. The zero-order valence-electron chi connectivity index (χ0n) is 20.2. The predicted octanol–water partition coefficient (Wildman–Crippen LogP) is 5.81. The van der Waals surface area contributed by atoms with Crippen LogP contribution >= 0.6 is 0 Å². The van der Waals surface area contributed by atoms with Gasteiger partial charge in [-0.3, -0.25) is 4.79 Å². The van der Waals surface area contributed by atoms with Gasteiger partial charge in [-0.2, -0.15) is 0 Å². The van der Waals surface area contributed by atoms with E-state index in [0.29, 0.717) is 37.0 Å². The first-order chi connectivity index (χ1) is 16.0. The van der Waals surface area contributed by atoms with E-state index in [1.165, 1.54) is 0 Å². The number of allylic oxidation sites excluding steroid dienone is 2. The third kappa shape index (κ3) is 6.05. The standard InChI is InChI=1S/C27H38FN3O2/c1-4-23(19(3)17-20-11-13-21(14-12-20)30-16-8-15-29)25(28)26-24(5-2)27(32)31(18-33-26)22-9-6-7-10-22/h8,11-14,16,19,22,30H,4-7,9-10,15,17-18,29H2,1-3H3/b16-8-,25-23+. The van der Waals surface area contributed by atoms with Crippen LogP contribution in [0.25, 0.3) is 0 Å². The van der Waals surface area contributed by atoms with Crippen molar-refractivity contribution in [2.24, 2.45) is 11.7 Å². The van der Waals surface area contributed by atoms with E-state index in [0.717, 1.165) is 36.9 Å². The zero-order chi connectivity index (χ0) is 23.8. The van der Waals surface area contributed by atoms with Gasteiger partial charge in [0.2, 0.25) is 0 Å². The van der Waals surface area contributed by atoms with Gasteiger partial charge in [0.1, 0.15) is 0 Å². The van der Waals surface area contributed by atoms with E-state index < -0.39 is 0 Å². The Bertz CT molecular complexity index is 898. The molecule has 2 aliphatic rings. The molecule has 0 bridgehead atoms. The molecule has 3 rings (SSSR count). The Kier molecular flexibility index (Phi) is 9.12. The van der Waals surface area contributed by atoms with Crippen LogP contribution in [-0.4, -0.2) is 30.1 Å². The van der Waals surface area contributed by atoms with Crippen molar-refractivity contribution in [3.63, 3.8) is 0 Å². The SMILES string of the molecule is CCC1=C(/C(F)=C(/CC)C(C)Cc2ccc(N/C=C\CN)cc2)OCN(C2CCCC2)C1=O. The molecule has 0 aromatic heterocycles. The molecule has 0 radical (unpaired) electrons. The number of nitrogens with one attached hydrogen (secondary N) is 1. The third-order valence-electron chi connectivity index (χ3n) is 6.72. The topological polar surface area (TPSA) is 67.6 Å². The molecule has 1 amide bonds. The van der Waals surface area contributed by atoms with Gasteiger partial charge in [-0.25, -0.2) is 4.39 Å². The van der Waals surface area contributed by atoms with Crippen LogP contribution in [0.15, 0.2) is 59.3 Å². The maximum atomic E-state index is 15.8. The second-order valence-corrected chi connectivity index (χ2v) is 8.93. The number of carbonyl (C=O) groups excluding carboxylic acids is 1. The highest BCUT2D eigenvalue weighted by atomic mass is 19.1. The number of rotatable bonds is 10. The van der Waals surface area contributed by atoms with Gasteiger partial charge in [0.15, 0.2) is 18.3 Å². The van der Waals surface area contributed by atoms with E-state index in [1.54, 1.807) is 4.90 Å². The molecule has 3 N–H and O–H groups in total. The lowest BCUT2D eigenvalue weighted by Crippen LogP contribution is -2.44. The van der Waals surface area contributed by atoms with Crippen LogP contribution < -0.4 is 11.1 Å². The minimum atomic E-state index is -0.355. The summed E-state index contributed by atoms with van der Waals surface area (Å²) < 4.78 is 21.7. The van der Waals surface area contributed by atoms with Crippen LogP contribution in [0.4, 0.5) is 10.1 Å². The van der Waals surface area contributed by atoms with Crippen molar-refractivity contribution in [1.82, 2.24) is 4.90 Å². The van der Waals surface area contributed by atoms with Crippen molar-refractivity contribution >= 4 is 11.6 Å². The summed E-state index contributed by atoms with van der Waals surface area (Å²) in [7, 11) is 0. The van der Waals surface area contributed by atoms with Crippen molar-refractivity contribution in [3.05, 3.63) is 64.8 Å². The summed E-state index contributed by atoms with van der Waals surface area (Å²) in [4.78, 5) is 14.9. The molecular weight excluding hydrogens is 417 g/mol. The molecule has 1 atom stereocenters. The average Bonchev–Trinajstić information content (AvgIpc) is 3.35. The third-order valence-corrected chi connectivity index (χ3v) is 6.72. The fraction of sp³-hybridized carbons (Fsp3) is 0.519. The van der Waals surface area contributed by atoms with E-state index in [9.17, 15) is 4.79 Å². The monoisotopic (exact) mass is 455 g/mol. The molecule has 1 aliphatic heterocycles. The van der Waals surface area contributed by atoms with Crippen molar-refractivity contribution in [1.29, 1.82) is 0 Å². The molecule has 180 valence electrons. The number of halogens is 1. The van der Waals surface area contributed by atoms with Gasteiger partial charge in [0.25, 0.3) is 5.91 Å². The number of ether oxygens (including phenoxy) is 1. The number of anilines is 1. The highest BCUT2D eigenvalue weighted by molar-refractivity contribution is 5.95. The zero-order valence-corrected chi connectivity index (χ0v) is 20.2. The van der Waals surface area contributed by atoms with E-state index >= 15 is 4.39 Å². The maximum Gasteiger partial charge on any atom is 0.256 e. The summed E-state index contributed by atoms with van der Waals surface area (Å²) in [6, 6.07) is 8.34. The Morgan fingerprint density at radius 1 is 1.27 bits per heavy atom. The molecule has 0 spiro atoms. The molecule has 1 saturated carbocycles. The number of hydrogen-bond donors (Lipinski definition) is 2. The van der Waals surface area contributed by atoms with Crippen molar-refractivity contribution in [2.45, 2.75) is 71.8 Å². The summed E-state index contributed by atoms with van der Waals surface area (Å²) >= 11 is 0. The second kappa shape index (κ2) is 12.0. The molecule has 1 aliphatic carbocycles. The molecule has 33 heavy (non-hydrogen) atoms. The van der Waals surface area contributed by atoms with Gasteiger partial charge in [-0.05, 0) is 67.5 Å². The fourth-order valence-corrected chi connectivity index (χ4v) is 4.85. The first-order valence-electron chi connectivity index (χ1n) is 12.3. The van der Waals surface area contributed by atoms with E-state index in [2.05, 4.69) is 17.4 Å². The minimum absolute atomic E-state index is 0.0110. The largest absolute Gasteiger partial charge is 0.469 e. The maximum absolute atomic E-state index is 15.8. The van der Waals surface area contributed by atoms with Crippen molar-refractivity contribution < 1.29 is 13.9 Å². The minimum Gasteiger partial charge on any atom is -0.469 e.